The number of nitrogens with zero attached hydrogens (tertiary/aromatic N) is 2. The molecule has 0 aromatic heterocycles. The first-order valence-electron chi connectivity index (χ1n) is 8.39. The molecule has 0 radical (unpaired) electrons. The number of hydrogen-bond acceptors (Lipinski definition) is 3. The normalized spacial score (nSPS) is 19.4. The molecule has 1 fully saturated rings. The molecule has 0 bridgehead atoms. The van der Waals surface area contributed by atoms with Gasteiger partial charge in [-0.05, 0) is 65.5 Å². The van der Waals surface area contributed by atoms with Crippen molar-refractivity contribution < 1.29 is 0 Å². The minimum absolute atomic E-state index is 0.331. The summed E-state index contributed by atoms with van der Waals surface area (Å²) in [5, 5.41) is 13.0. The second-order valence-corrected chi connectivity index (χ2v) is 6.86. The lowest BCUT2D eigenvalue weighted by Crippen LogP contribution is -2.47. The van der Waals surface area contributed by atoms with Crippen molar-refractivity contribution in [3.63, 3.8) is 0 Å². The molecule has 1 saturated carbocycles. The standard InChI is InChI=1S/C17H33N3/c1-5-17(14-18,19-15(2)3)11-8-12-20(4)13-16-9-6-7-10-16/h15-16,19H,5-13H2,1-4H3. The second kappa shape index (κ2) is 8.64. The van der Waals surface area contributed by atoms with Crippen LogP contribution in [-0.2, 0) is 0 Å². The van der Waals surface area contributed by atoms with Crippen LogP contribution in [0.25, 0.3) is 0 Å². The van der Waals surface area contributed by atoms with Gasteiger partial charge in [0.2, 0.25) is 0 Å². The maximum Gasteiger partial charge on any atom is 0.106 e. The van der Waals surface area contributed by atoms with Gasteiger partial charge in [0.25, 0.3) is 0 Å². The molecule has 1 unspecified atom stereocenters. The Balaban J connectivity index is 2.30. The summed E-state index contributed by atoms with van der Waals surface area (Å²) in [7, 11) is 2.23. The van der Waals surface area contributed by atoms with E-state index in [9.17, 15) is 5.26 Å². The van der Waals surface area contributed by atoms with E-state index in [0.29, 0.717) is 6.04 Å². The predicted molar refractivity (Wildman–Crippen MR) is 85.6 cm³/mol. The summed E-state index contributed by atoms with van der Waals surface area (Å²) in [5.41, 5.74) is -0.331. The Morgan fingerprint density at radius 1 is 1.35 bits per heavy atom. The fourth-order valence-corrected chi connectivity index (χ4v) is 3.45. The van der Waals surface area contributed by atoms with Crippen LogP contribution in [0.5, 0.6) is 0 Å². The van der Waals surface area contributed by atoms with Crippen LogP contribution in [0.4, 0.5) is 0 Å². The van der Waals surface area contributed by atoms with Gasteiger partial charge in [-0.15, -0.1) is 0 Å². The molecule has 1 aliphatic rings. The lowest BCUT2D eigenvalue weighted by Gasteiger charge is -2.30. The Morgan fingerprint density at radius 2 is 2.00 bits per heavy atom. The Hall–Kier alpha value is -0.590. The van der Waals surface area contributed by atoms with E-state index < -0.39 is 0 Å². The Morgan fingerprint density at radius 3 is 2.50 bits per heavy atom. The summed E-state index contributed by atoms with van der Waals surface area (Å²) < 4.78 is 0. The topological polar surface area (TPSA) is 39.1 Å². The molecule has 0 aliphatic heterocycles. The highest BCUT2D eigenvalue weighted by atomic mass is 15.1. The monoisotopic (exact) mass is 279 g/mol. The minimum atomic E-state index is -0.331. The molecule has 1 rings (SSSR count). The smallest absolute Gasteiger partial charge is 0.106 e. The Kier molecular flexibility index (Phi) is 7.55. The molecule has 1 N–H and O–H groups in total. The maximum atomic E-state index is 9.49. The molecular weight excluding hydrogens is 246 g/mol. The van der Waals surface area contributed by atoms with Gasteiger partial charge in [0.1, 0.15) is 5.54 Å². The van der Waals surface area contributed by atoms with Gasteiger partial charge >= 0.3 is 0 Å². The van der Waals surface area contributed by atoms with Crippen molar-refractivity contribution in [2.45, 2.75) is 77.3 Å². The van der Waals surface area contributed by atoms with E-state index >= 15 is 0 Å². The number of hydrogen-bond donors (Lipinski definition) is 1. The molecule has 0 aromatic rings. The zero-order valence-electron chi connectivity index (χ0n) is 13.9. The zero-order chi connectivity index (χ0) is 15.0. The van der Waals surface area contributed by atoms with Gasteiger partial charge in [-0.1, -0.05) is 19.8 Å². The molecule has 0 saturated heterocycles. The largest absolute Gasteiger partial charge is 0.306 e. The molecule has 0 aromatic carbocycles. The lowest BCUT2D eigenvalue weighted by atomic mass is 9.91. The SMILES string of the molecule is CCC(C#N)(CCCN(C)CC1CCCC1)NC(C)C. The Labute approximate surface area is 125 Å². The first kappa shape index (κ1) is 17.5. The van der Waals surface area contributed by atoms with Crippen LogP contribution in [0, 0.1) is 17.2 Å². The van der Waals surface area contributed by atoms with E-state index in [1.54, 1.807) is 0 Å². The van der Waals surface area contributed by atoms with E-state index in [-0.39, 0.29) is 5.54 Å². The van der Waals surface area contributed by atoms with Crippen LogP contribution in [0.15, 0.2) is 0 Å². The highest BCUT2D eigenvalue weighted by Crippen LogP contribution is 2.25. The maximum absolute atomic E-state index is 9.49. The summed E-state index contributed by atoms with van der Waals surface area (Å²) in [5.74, 6) is 0.917. The van der Waals surface area contributed by atoms with Crippen LogP contribution >= 0.6 is 0 Å². The summed E-state index contributed by atoms with van der Waals surface area (Å²) in [6.45, 7) is 8.70. The quantitative estimate of drug-likeness (QED) is 0.701. The molecule has 3 nitrogen and oxygen atoms in total. The van der Waals surface area contributed by atoms with Crippen molar-refractivity contribution in [2.75, 3.05) is 20.1 Å². The van der Waals surface area contributed by atoms with Gasteiger partial charge in [0, 0.05) is 12.6 Å². The second-order valence-electron chi connectivity index (χ2n) is 6.86. The van der Waals surface area contributed by atoms with Crippen molar-refractivity contribution in [3.8, 4) is 6.07 Å². The molecule has 0 spiro atoms. The fourth-order valence-electron chi connectivity index (χ4n) is 3.45. The van der Waals surface area contributed by atoms with Crippen molar-refractivity contribution in [1.82, 2.24) is 10.2 Å². The molecular formula is C17H33N3. The van der Waals surface area contributed by atoms with Crippen LogP contribution < -0.4 is 5.32 Å². The average molecular weight is 279 g/mol. The van der Waals surface area contributed by atoms with Crippen LogP contribution in [-0.4, -0.2) is 36.6 Å². The van der Waals surface area contributed by atoms with E-state index in [1.807, 2.05) is 0 Å². The lowest BCUT2D eigenvalue weighted by molar-refractivity contribution is 0.254. The molecule has 20 heavy (non-hydrogen) atoms. The van der Waals surface area contributed by atoms with Crippen LogP contribution in [0.2, 0.25) is 0 Å². The van der Waals surface area contributed by atoms with E-state index in [4.69, 9.17) is 0 Å². The number of nitriles is 1. The van der Waals surface area contributed by atoms with Crippen LogP contribution in [0.3, 0.4) is 0 Å². The van der Waals surface area contributed by atoms with Crippen molar-refractivity contribution in [2.24, 2.45) is 5.92 Å². The molecule has 3 heteroatoms. The first-order chi connectivity index (χ1) is 9.51. The van der Waals surface area contributed by atoms with Gasteiger partial charge in [-0.25, -0.2) is 0 Å². The molecule has 1 atom stereocenters. The third-order valence-electron chi connectivity index (χ3n) is 4.57. The van der Waals surface area contributed by atoms with Crippen molar-refractivity contribution >= 4 is 0 Å². The molecule has 116 valence electrons. The third kappa shape index (κ3) is 5.81. The van der Waals surface area contributed by atoms with Crippen molar-refractivity contribution in [1.29, 1.82) is 5.26 Å². The van der Waals surface area contributed by atoms with Crippen LogP contribution in [0.1, 0.15) is 65.7 Å². The highest BCUT2D eigenvalue weighted by molar-refractivity contribution is 5.06. The number of nitrogens with one attached hydrogen (secondary N) is 1. The predicted octanol–water partition coefficient (Wildman–Crippen LogP) is 3.56. The third-order valence-corrected chi connectivity index (χ3v) is 4.57. The van der Waals surface area contributed by atoms with Gasteiger partial charge < -0.3 is 4.90 Å². The van der Waals surface area contributed by atoms with Gasteiger partial charge in [0.05, 0.1) is 6.07 Å². The number of rotatable bonds is 9. The van der Waals surface area contributed by atoms with Gasteiger partial charge in [-0.3, -0.25) is 5.32 Å². The summed E-state index contributed by atoms with van der Waals surface area (Å²) >= 11 is 0. The van der Waals surface area contributed by atoms with Gasteiger partial charge in [-0.2, -0.15) is 5.26 Å². The van der Waals surface area contributed by atoms with E-state index in [0.717, 1.165) is 31.7 Å². The Bertz CT molecular complexity index is 302. The first-order valence-corrected chi connectivity index (χ1v) is 8.39. The average Bonchev–Trinajstić information content (AvgIpc) is 2.89. The van der Waals surface area contributed by atoms with E-state index in [1.165, 1.54) is 32.2 Å². The van der Waals surface area contributed by atoms with E-state index in [2.05, 4.69) is 44.1 Å². The zero-order valence-corrected chi connectivity index (χ0v) is 13.9. The molecule has 0 heterocycles. The summed E-state index contributed by atoms with van der Waals surface area (Å²) in [4.78, 5) is 2.46. The van der Waals surface area contributed by atoms with Crippen molar-refractivity contribution in [3.05, 3.63) is 0 Å². The van der Waals surface area contributed by atoms with Gasteiger partial charge in [0.15, 0.2) is 0 Å². The summed E-state index contributed by atoms with van der Waals surface area (Å²) in [6, 6.07) is 2.88. The fraction of sp³-hybridized carbons (Fsp3) is 0.941. The summed E-state index contributed by atoms with van der Waals surface area (Å²) in [6.07, 6.45) is 8.60. The minimum Gasteiger partial charge on any atom is -0.306 e. The highest BCUT2D eigenvalue weighted by Gasteiger charge is 2.28. The molecule has 0 amide bonds. The molecule has 1 aliphatic carbocycles.